The summed E-state index contributed by atoms with van der Waals surface area (Å²) in [6, 6.07) is 0. The summed E-state index contributed by atoms with van der Waals surface area (Å²) in [5.74, 6) is 0. The third-order valence-electron chi connectivity index (χ3n) is 4.45. The highest BCUT2D eigenvalue weighted by Gasteiger charge is 2.24. The lowest BCUT2D eigenvalue weighted by Crippen LogP contribution is -2.34. The van der Waals surface area contributed by atoms with Crippen LogP contribution >= 0.6 is 0 Å². The van der Waals surface area contributed by atoms with Gasteiger partial charge in [-0.25, -0.2) is 0 Å². The second-order valence-electron chi connectivity index (χ2n) is 6.13. The fourth-order valence-corrected chi connectivity index (χ4v) is 3.16. The van der Waals surface area contributed by atoms with Crippen molar-refractivity contribution in [3.63, 3.8) is 0 Å². The van der Waals surface area contributed by atoms with Crippen LogP contribution in [0.25, 0.3) is 0 Å². The number of hydrogen-bond donors (Lipinski definition) is 2. The quantitative estimate of drug-likeness (QED) is 0.667. The molecule has 2 N–H and O–H groups in total. The topological polar surface area (TPSA) is 68.2 Å². The van der Waals surface area contributed by atoms with Crippen LogP contribution in [-0.4, -0.2) is 61.1 Å². The van der Waals surface area contributed by atoms with Crippen LogP contribution in [0.5, 0.6) is 0 Å². The van der Waals surface area contributed by atoms with Gasteiger partial charge in [0.05, 0.1) is 50.8 Å². The summed E-state index contributed by atoms with van der Waals surface area (Å²) in [5, 5.41) is 19.5. The molecule has 0 saturated heterocycles. The van der Waals surface area contributed by atoms with Gasteiger partial charge in [-0.1, -0.05) is 25.7 Å². The van der Waals surface area contributed by atoms with E-state index in [4.69, 9.17) is 14.2 Å². The van der Waals surface area contributed by atoms with Gasteiger partial charge in [0, 0.05) is 0 Å². The van der Waals surface area contributed by atoms with Crippen LogP contribution in [0.15, 0.2) is 0 Å². The van der Waals surface area contributed by atoms with Gasteiger partial charge in [0.1, 0.15) is 0 Å². The van der Waals surface area contributed by atoms with Crippen LogP contribution in [-0.2, 0) is 14.2 Å². The van der Waals surface area contributed by atoms with Crippen molar-refractivity contribution in [1.29, 1.82) is 0 Å². The predicted octanol–water partition coefficient (Wildman–Crippen LogP) is 1.64. The Bertz CT molecular complexity index is 247. The summed E-state index contributed by atoms with van der Waals surface area (Å²) in [7, 11) is 0. The van der Waals surface area contributed by atoms with Gasteiger partial charge < -0.3 is 24.4 Å². The SMILES string of the molecule is O[C@@H]1CCCC[C@H]1OCCOCCO[C@@H]1CCCC[C@H]1O. The first-order valence-electron chi connectivity index (χ1n) is 8.44. The molecule has 4 atom stereocenters. The molecule has 0 heterocycles. The monoisotopic (exact) mass is 302 g/mol. The van der Waals surface area contributed by atoms with E-state index in [9.17, 15) is 10.2 Å². The van der Waals surface area contributed by atoms with E-state index in [0.717, 1.165) is 51.4 Å². The summed E-state index contributed by atoms with van der Waals surface area (Å²) in [5.41, 5.74) is 0. The standard InChI is InChI=1S/C16H30O5/c17-13-5-1-3-7-15(13)20-11-9-19-10-12-21-16-8-4-2-6-14(16)18/h13-18H,1-12H2/t13-,14-,15-,16-/m1/s1. The first kappa shape index (κ1) is 17.2. The zero-order valence-corrected chi connectivity index (χ0v) is 12.9. The molecule has 5 nitrogen and oxygen atoms in total. The van der Waals surface area contributed by atoms with E-state index in [2.05, 4.69) is 0 Å². The second kappa shape index (κ2) is 9.74. The third-order valence-corrected chi connectivity index (χ3v) is 4.45. The van der Waals surface area contributed by atoms with Crippen LogP contribution in [0.2, 0.25) is 0 Å². The Morgan fingerprint density at radius 2 is 1.05 bits per heavy atom. The molecule has 0 amide bonds. The van der Waals surface area contributed by atoms with E-state index in [1.54, 1.807) is 0 Å². The van der Waals surface area contributed by atoms with Crippen molar-refractivity contribution in [1.82, 2.24) is 0 Å². The fourth-order valence-electron chi connectivity index (χ4n) is 3.16. The number of aliphatic hydroxyl groups is 2. The summed E-state index contributed by atoms with van der Waals surface area (Å²) in [4.78, 5) is 0. The van der Waals surface area contributed by atoms with Crippen molar-refractivity contribution >= 4 is 0 Å². The van der Waals surface area contributed by atoms with Crippen molar-refractivity contribution in [3.8, 4) is 0 Å². The van der Waals surface area contributed by atoms with Gasteiger partial charge in [-0.05, 0) is 25.7 Å². The molecular weight excluding hydrogens is 272 g/mol. The molecule has 2 rings (SSSR count). The Labute approximate surface area is 127 Å². The van der Waals surface area contributed by atoms with E-state index in [0.29, 0.717) is 26.4 Å². The predicted molar refractivity (Wildman–Crippen MR) is 79.2 cm³/mol. The highest BCUT2D eigenvalue weighted by Crippen LogP contribution is 2.21. The minimum absolute atomic E-state index is 0.0176. The van der Waals surface area contributed by atoms with Gasteiger partial charge in [0.2, 0.25) is 0 Å². The molecule has 0 aliphatic heterocycles. The fraction of sp³-hybridized carbons (Fsp3) is 1.00. The zero-order valence-electron chi connectivity index (χ0n) is 12.9. The highest BCUT2D eigenvalue weighted by atomic mass is 16.6. The van der Waals surface area contributed by atoms with Crippen LogP contribution < -0.4 is 0 Å². The summed E-state index contributed by atoms with van der Waals surface area (Å²) < 4.78 is 16.8. The second-order valence-corrected chi connectivity index (χ2v) is 6.13. The van der Waals surface area contributed by atoms with Crippen molar-refractivity contribution in [2.75, 3.05) is 26.4 Å². The molecule has 0 spiro atoms. The van der Waals surface area contributed by atoms with Crippen LogP contribution in [0.1, 0.15) is 51.4 Å². The molecule has 21 heavy (non-hydrogen) atoms. The van der Waals surface area contributed by atoms with E-state index in [1.165, 1.54) is 0 Å². The van der Waals surface area contributed by atoms with Gasteiger partial charge >= 0.3 is 0 Å². The molecule has 0 unspecified atom stereocenters. The summed E-state index contributed by atoms with van der Waals surface area (Å²) in [6.45, 7) is 2.10. The highest BCUT2D eigenvalue weighted by molar-refractivity contribution is 4.75. The Morgan fingerprint density at radius 1 is 0.619 bits per heavy atom. The van der Waals surface area contributed by atoms with Crippen molar-refractivity contribution in [3.05, 3.63) is 0 Å². The van der Waals surface area contributed by atoms with Crippen LogP contribution in [0, 0.1) is 0 Å². The van der Waals surface area contributed by atoms with Gasteiger partial charge in [-0.3, -0.25) is 0 Å². The normalized spacial score (nSPS) is 34.0. The maximum Gasteiger partial charge on any atom is 0.0835 e. The van der Waals surface area contributed by atoms with E-state index in [-0.39, 0.29) is 24.4 Å². The molecule has 0 bridgehead atoms. The van der Waals surface area contributed by atoms with E-state index >= 15 is 0 Å². The Balaban J connectivity index is 1.43. The molecule has 2 fully saturated rings. The smallest absolute Gasteiger partial charge is 0.0835 e. The largest absolute Gasteiger partial charge is 0.390 e. The molecule has 0 radical (unpaired) electrons. The van der Waals surface area contributed by atoms with Crippen molar-refractivity contribution in [2.24, 2.45) is 0 Å². The number of aliphatic hydroxyl groups excluding tert-OH is 2. The van der Waals surface area contributed by atoms with Crippen molar-refractivity contribution < 1.29 is 24.4 Å². The summed E-state index contributed by atoms with van der Waals surface area (Å²) in [6.07, 6.45) is 7.42. The van der Waals surface area contributed by atoms with Gasteiger partial charge in [0.25, 0.3) is 0 Å². The number of hydrogen-bond acceptors (Lipinski definition) is 5. The van der Waals surface area contributed by atoms with E-state index < -0.39 is 0 Å². The first-order valence-corrected chi connectivity index (χ1v) is 8.44. The first-order chi connectivity index (χ1) is 10.3. The molecule has 2 aliphatic carbocycles. The summed E-state index contributed by atoms with van der Waals surface area (Å²) >= 11 is 0. The van der Waals surface area contributed by atoms with E-state index in [1.807, 2.05) is 0 Å². The maximum atomic E-state index is 9.77. The molecule has 2 aliphatic rings. The lowest BCUT2D eigenvalue weighted by Gasteiger charge is -2.28. The molecular formula is C16H30O5. The van der Waals surface area contributed by atoms with Gasteiger partial charge in [0.15, 0.2) is 0 Å². The number of rotatable bonds is 8. The molecule has 0 aromatic carbocycles. The molecule has 2 saturated carbocycles. The lowest BCUT2D eigenvalue weighted by atomic mass is 9.95. The minimum atomic E-state index is -0.310. The maximum absolute atomic E-state index is 9.77. The van der Waals surface area contributed by atoms with Gasteiger partial charge in [-0.15, -0.1) is 0 Å². The van der Waals surface area contributed by atoms with Crippen molar-refractivity contribution in [2.45, 2.75) is 75.8 Å². The van der Waals surface area contributed by atoms with Crippen LogP contribution in [0.4, 0.5) is 0 Å². The Kier molecular flexibility index (Phi) is 7.96. The Hall–Kier alpha value is -0.200. The average Bonchev–Trinajstić information content (AvgIpc) is 2.50. The average molecular weight is 302 g/mol. The zero-order chi connectivity index (χ0) is 14.9. The Morgan fingerprint density at radius 3 is 1.48 bits per heavy atom. The minimum Gasteiger partial charge on any atom is -0.390 e. The molecule has 0 aromatic heterocycles. The number of ether oxygens (including phenoxy) is 3. The third kappa shape index (κ3) is 6.20. The molecule has 124 valence electrons. The van der Waals surface area contributed by atoms with Crippen LogP contribution in [0.3, 0.4) is 0 Å². The molecule has 0 aromatic rings. The lowest BCUT2D eigenvalue weighted by molar-refractivity contribution is -0.0903. The molecule has 5 heteroatoms. The van der Waals surface area contributed by atoms with Gasteiger partial charge in [-0.2, -0.15) is 0 Å².